The van der Waals surface area contributed by atoms with Gasteiger partial charge in [0, 0.05) is 18.7 Å². The van der Waals surface area contributed by atoms with Crippen molar-refractivity contribution in [3.63, 3.8) is 0 Å². The Kier molecular flexibility index (Phi) is 3.91. The predicted molar refractivity (Wildman–Crippen MR) is 81.6 cm³/mol. The topological polar surface area (TPSA) is 69.6 Å². The van der Waals surface area contributed by atoms with E-state index in [-0.39, 0.29) is 5.41 Å². The zero-order chi connectivity index (χ0) is 15.7. The maximum atomic E-state index is 12.7. The number of rotatable bonds is 3. The van der Waals surface area contributed by atoms with Gasteiger partial charge >= 0.3 is 0 Å². The van der Waals surface area contributed by atoms with Crippen LogP contribution in [0.25, 0.3) is 0 Å². The first-order chi connectivity index (χ1) is 10.6. The lowest BCUT2D eigenvalue weighted by Crippen LogP contribution is -2.39. The van der Waals surface area contributed by atoms with E-state index < -0.39 is 5.91 Å². The summed E-state index contributed by atoms with van der Waals surface area (Å²) >= 11 is 0. The summed E-state index contributed by atoms with van der Waals surface area (Å²) in [6.07, 6.45) is 4.36. The van der Waals surface area contributed by atoms with Crippen LogP contribution >= 0.6 is 0 Å². The molecule has 5 heteroatoms. The Morgan fingerprint density at radius 2 is 2.18 bits per heavy atom. The first-order valence-electron chi connectivity index (χ1n) is 7.95. The Morgan fingerprint density at radius 1 is 1.36 bits per heavy atom. The molecule has 0 saturated carbocycles. The molecule has 1 aromatic rings. The van der Waals surface area contributed by atoms with Gasteiger partial charge in [0.15, 0.2) is 0 Å². The summed E-state index contributed by atoms with van der Waals surface area (Å²) < 4.78 is 0. The molecule has 22 heavy (non-hydrogen) atoms. The van der Waals surface area contributed by atoms with Gasteiger partial charge in [-0.3, -0.25) is 14.8 Å². The van der Waals surface area contributed by atoms with Crippen LogP contribution in [0.15, 0.2) is 18.2 Å². The molecule has 0 unspecified atom stereocenters. The lowest BCUT2D eigenvalue weighted by atomic mass is 9.70. The van der Waals surface area contributed by atoms with Gasteiger partial charge in [0.1, 0.15) is 0 Å². The van der Waals surface area contributed by atoms with Gasteiger partial charge in [-0.05, 0) is 55.4 Å². The number of carbonyl (C=O) groups excluding carboxylic acids is 2. The third-order valence-electron chi connectivity index (χ3n) is 5.07. The summed E-state index contributed by atoms with van der Waals surface area (Å²) in [6.45, 7) is 3.82. The second-order valence-corrected chi connectivity index (χ2v) is 6.42. The van der Waals surface area contributed by atoms with Crippen molar-refractivity contribution in [3.05, 3.63) is 34.9 Å². The molecular formula is C17H22N2O3. The minimum absolute atomic E-state index is 0.233. The molecule has 3 rings (SSSR count). The molecule has 1 saturated heterocycles. The minimum Gasteiger partial charge on any atom is -0.342 e. The van der Waals surface area contributed by atoms with Gasteiger partial charge in [-0.2, -0.15) is 0 Å². The molecule has 118 valence electrons. The first kappa shape index (κ1) is 15.0. The largest absolute Gasteiger partial charge is 0.342 e. The average molecular weight is 302 g/mol. The van der Waals surface area contributed by atoms with Gasteiger partial charge in [0.25, 0.3) is 5.91 Å². The first-order valence-corrected chi connectivity index (χ1v) is 7.95. The summed E-state index contributed by atoms with van der Waals surface area (Å²) in [5.74, 6) is -0.189. The molecule has 2 amide bonds. The van der Waals surface area contributed by atoms with Crippen LogP contribution in [0.1, 0.15) is 47.7 Å². The average Bonchev–Trinajstić information content (AvgIpc) is 2.83. The molecule has 1 aliphatic carbocycles. The van der Waals surface area contributed by atoms with Gasteiger partial charge in [-0.15, -0.1) is 0 Å². The van der Waals surface area contributed by atoms with E-state index in [2.05, 4.69) is 6.92 Å². The van der Waals surface area contributed by atoms with E-state index in [9.17, 15) is 9.59 Å². The van der Waals surface area contributed by atoms with Crippen LogP contribution in [0.3, 0.4) is 0 Å². The summed E-state index contributed by atoms with van der Waals surface area (Å²) in [7, 11) is 0. The fourth-order valence-corrected chi connectivity index (χ4v) is 3.84. The standard InChI is InChI=1S/C17H22N2O3/c1-2-8-19-9-7-17(16(19)21)6-5-12-10-13(15(20)18-22)3-4-14(12)11-17/h3-4,10,22H,2,5-9,11H2,1H3,(H,18,20)/t17-/m0/s1. The number of carbonyl (C=O) groups is 2. The zero-order valence-electron chi connectivity index (χ0n) is 12.9. The van der Waals surface area contributed by atoms with E-state index in [0.717, 1.165) is 56.3 Å². The fraction of sp³-hybridized carbons (Fsp3) is 0.529. The summed E-state index contributed by atoms with van der Waals surface area (Å²) in [6, 6.07) is 5.47. The number of fused-ring (bicyclic) bond motifs is 1. The van der Waals surface area contributed by atoms with E-state index in [1.807, 2.05) is 17.0 Å². The molecule has 2 aliphatic rings. The lowest BCUT2D eigenvalue weighted by Gasteiger charge is -2.33. The van der Waals surface area contributed by atoms with Crippen LogP contribution in [0.4, 0.5) is 0 Å². The molecule has 1 atom stereocenters. The van der Waals surface area contributed by atoms with Crippen molar-refractivity contribution in [1.29, 1.82) is 0 Å². The maximum Gasteiger partial charge on any atom is 0.274 e. The highest BCUT2D eigenvalue weighted by atomic mass is 16.5. The number of benzene rings is 1. The Morgan fingerprint density at radius 3 is 2.91 bits per heavy atom. The number of hydroxylamine groups is 1. The molecule has 1 spiro atoms. The summed E-state index contributed by atoms with van der Waals surface area (Å²) in [5, 5.41) is 8.72. The van der Waals surface area contributed by atoms with E-state index in [1.54, 1.807) is 11.5 Å². The molecular weight excluding hydrogens is 280 g/mol. The molecule has 1 heterocycles. The molecule has 0 radical (unpaired) electrons. The van der Waals surface area contributed by atoms with Crippen molar-refractivity contribution in [2.24, 2.45) is 5.41 Å². The Hall–Kier alpha value is -1.88. The summed E-state index contributed by atoms with van der Waals surface area (Å²) in [5.41, 5.74) is 4.17. The van der Waals surface area contributed by atoms with Gasteiger partial charge in [-0.1, -0.05) is 13.0 Å². The van der Waals surface area contributed by atoms with Crippen LogP contribution in [0, 0.1) is 5.41 Å². The molecule has 2 N–H and O–H groups in total. The normalized spacial score (nSPS) is 23.7. The molecule has 5 nitrogen and oxygen atoms in total. The van der Waals surface area contributed by atoms with Crippen LogP contribution < -0.4 is 5.48 Å². The molecule has 1 aromatic carbocycles. The van der Waals surface area contributed by atoms with Crippen molar-refractivity contribution < 1.29 is 14.8 Å². The van der Waals surface area contributed by atoms with Crippen molar-refractivity contribution in [2.75, 3.05) is 13.1 Å². The second kappa shape index (κ2) is 5.72. The van der Waals surface area contributed by atoms with Crippen LogP contribution in [0.5, 0.6) is 0 Å². The van der Waals surface area contributed by atoms with Crippen LogP contribution in [-0.2, 0) is 17.6 Å². The number of amides is 2. The lowest BCUT2D eigenvalue weighted by molar-refractivity contribution is -0.136. The zero-order valence-corrected chi connectivity index (χ0v) is 12.9. The van der Waals surface area contributed by atoms with E-state index in [1.165, 1.54) is 0 Å². The third kappa shape index (κ3) is 2.39. The highest BCUT2D eigenvalue weighted by Gasteiger charge is 2.47. The molecule has 0 bridgehead atoms. The van der Waals surface area contributed by atoms with Crippen molar-refractivity contribution in [3.8, 4) is 0 Å². The Labute approximate surface area is 130 Å². The number of nitrogens with zero attached hydrogens (tertiary/aromatic N) is 1. The van der Waals surface area contributed by atoms with E-state index in [0.29, 0.717) is 11.5 Å². The fourth-order valence-electron chi connectivity index (χ4n) is 3.84. The minimum atomic E-state index is -0.492. The maximum absolute atomic E-state index is 12.7. The van der Waals surface area contributed by atoms with E-state index in [4.69, 9.17) is 5.21 Å². The van der Waals surface area contributed by atoms with Crippen LogP contribution in [0.2, 0.25) is 0 Å². The van der Waals surface area contributed by atoms with Crippen molar-refractivity contribution in [1.82, 2.24) is 10.4 Å². The molecule has 1 fully saturated rings. The number of likely N-dealkylation sites (tertiary alicyclic amines) is 1. The van der Waals surface area contributed by atoms with E-state index >= 15 is 0 Å². The Bertz CT molecular complexity index is 614. The van der Waals surface area contributed by atoms with Gasteiger partial charge in [-0.25, -0.2) is 5.48 Å². The highest BCUT2D eigenvalue weighted by molar-refractivity contribution is 5.93. The van der Waals surface area contributed by atoms with Crippen molar-refractivity contribution >= 4 is 11.8 Å². The number of nitrogens with one attached hydrogen (secondary N) is 1. The molecule has 1 aliphatic heterocycles. The van der Waals surface area contributed by atoms with Gasteiger partial charge < -0.3 is 4.90 Å². The Balaban J connectivity index is 1.83. The highest BCUT2D eigenvalue weighted by Crippen LogP contribution is 2.43. The quantitative estimate of drug-likeness (QED) is 0.662. The number of hydrogen-bond donors (Lipinski definition) is 2. The van der Waals surface area contributed by atoms with Gasteiger partial charge in [0.05, 0.1) is 5.41 Å². The smallest absolute Gasteiger partial charge is 0.274 e. The monoisotopic (exact) mass is 302 g/mol. The van der Waals surface area contributed by atoms with Gasteiger partial charge in [0.2, 0.25) is 5.91 Å². The number of hydrogen-bond acceptors (Lipinski definition) is 3. The third-order valence-corrected chi connectivity index (χ3v) is 5.07. The second-order valence-electron chi connectivity index (χ2n) is 6.42. The SMILES string of the molecule is CCCN1CC[C@]2(CCc3cc(C(=O)NO)ccc3C2)C1=O. The molecule has 0 aromatic heterocycles. The van der Waals surface area contributed by atoms with Crippen LogP contribution in [-0.4, -0.2) is 35.0 Å². The van der Waals surface area contributed by atoms with Crippen molar-refractivity contribution in [2.45, 2.75) is 39.0 Å². The number of aryl methyl sites for hydroxylation is 1. The summed E-state index contributed by atoms with van der Waals surface area (Å²) in [4.78, 5) is 26.2. The predicted octanol–water partition coefficient (Wildman–Crippen LogP) is 1.92.